The van der Waals surface area contributed by atoms with Crippen molar-refractivity contribution in [2.75, 3.05) is 0 Å². The van der Waals surface area contributed by atoms with Crippen LogP contribution in [0, 0.1) is 5.41 Å². The SMILES string of the molecule is N=C1/C(=C\c2ccc(OCc3ccccc3)c(Br)c2)C(=O)N=C2SC=NN12. The second-order valence-corrected chi connectivity index (χ2v) is 7.39. The molecule has 6 nitrogen and oxygen atoms in total. The standard InChI is InChI=1S/C19H13BrN4O2S/c20-15-9-13(6-7-16(15)26-10-12-4-2-1-3-5-12)8-14-17(21)24-19(23-18(14)25)27-11-22-24/h1-9,11,21H,10H2/b14-8+,21-17?. The van der Waals surface area contributed by atoms with Crippen LogP contribution in [-0.2, 0) is 11.4 Å². The molecule has 2 aromatic rings. The predicted molar refractivity (Wildman–Crippen MR) is 111 cm³/mol. The summed E-state index contributed by atoms with van der Waals surface area (Å²) >= 11 is 4.72. The van der Waals surface area contributed by atoms with E-state index in [9.17, 15) is 4.79 Å². The quantitative estimate of drug-likeness (QED) is 0.719. The number of carbonyl (C=O) groups excluding carboxylic acids is 1. The summed E-state index contributed by atoms with van der Waals surface area (Å²) in [5, 5.41) is 14.0. The van der Waals surface area contributed by atoms with Crippen molar-refractivity contribution in [3.63, 3.8) is 0 Å². The molecule has 4 rings (SSSR count). The fourth-order valence-corrected chi connectivity index (χ4v) is 3.68. The number of rotatable bonds is 4. The lowest BCUT2D eigenvalue weighted by Crippen LogP contribution is -2.35. The molecule has 0 aromatic heterocycles. The van der Waals surface area contributed by atoms with Gasteiger partial charge in [0.15, 0.2) is 11.0 Å². The normalized spacial score (nSPS) is 17.3. The Morgan fingerprint density at radius 3 is 2.81 bits per heavy atom. The van der Waals surface area contributed by atoms with Gasteiger partial charge < -0.3 is 4.74 Å². The van der Waals surface area contributed by atoms with Crippen molar-refractivity contribution in [3.8, 4) is 5.75 Å². The average molecular weight is 441 g/mol. The van der Waals surface area contributed by atoms with E-state index in [1.54, 1.807) is 11.6 Å². The Hall–Kier alpha value is -2.71. The van der Waals surface area contributed by atoms with E-state index in [0.29, 0.717) is 17.5 Å². The van der Waals surface area contributed by atoms with E-state index >= 15 is 0 Å². The Morgan fingerprint density at radius 2 is 2.04 bits per heavy atom. The number of amides is 1. The molecule has 0 aliphatic carbocycles. The van der Waals surface area contributed by atoms with Gasteiger partial charge in [-0.2, -0.15) is 15.1 Å². The monoisotopic (exact) mass is 440 g/mol. The summed E-state index contributed by atoms with van der Waals surface area (Å²) in [5.41, 5.74) is 3.59. The molecule has 8 heteroatoms. The number of halogens is 1. The molecule has 2 aliphatic heterocycles. The summed E-state index contributed by atoms with van der Waals surface area (Å²) in [6, 6.07) is 15.4. The minimum absolute atomic E-state index is 0.0202. The molecule has 0 atom stereocenters. The Kier molecular flexibility index (Phi) is 4.91. The van der Waals surface area contributed by atoms with Crippen molar-refractivity contribution >= 4 is 56.2 Å². The number of hydrogen-bond donors (Lipinski definition) is 1. The van der Waals surface area contributed by atoms with Gasteiger partial charge in [0, 0.05) is 0 Å². The molecule has 2 heterocycles. The molecule has 2 aliphatic rings. The molecule has 1 amide bonds. The zero-order chi connectivity index (χ0) is 18.8. The first-order valence-corrected chi connectivity index (χ1v) is 9.68. The first kappa shape index (κ1) is 17.7. The predicted octanol–water partition coefficient (Wildman–Crippen LogP) is 4.28. The maximum Gasteiger partial charge on any atom is 0.283 e. The second kappa shape index (κ2) is 7.50. The van der Waals surface area contributed by atoms with Gasteiger partial charge in [0.25, 0.3) is 5.91 Å². The molecule has 0 saturated heterocycles. The van der Waals surface area contributed by atoms with Crippen LogP contribution in [0.2, 0.25) is 0 Å². The van der Waals surface area contributed by atoms with Crippen LogP contribution in [0.4, 0.5) is 0 Å². The summed E-state index contributed by atoms with van der Waals surface area (Å²) in [6.45, 7) is 0.463. The number of nitrogens with one attached hydrogen (secondary N) is 1. The minimum Gasteiger partial charge on any atom is -0.488 e. The van der Waals surface area contributed by atoms with Gasteiger partial charge in [-0.25, -0.2) is 0 Å². The lowest BCUT2D eigenvalue weighted by atomic mass is 10.1. The summed E-state index contributed by atoms with van der Waals surface area (Å²) in [5.74, 6) is 0.281. The molecule has 0 bridgehead atoms. The van der Waals surface area contributed by atoms with Crippen LogP contribution < -0.4 is 4.74 Å². The summed E-state index contributed by atoms with van der Waals surface area (Å²) in [6.07, 6.45) is 1.63. The van der Waals surface area contributed by atoms with Gasteiger partial charge in [-0.1, -0.05) is 36.4 Å². The molecule has 0 spiro atoms. The summed E-state index contributed by atoms with van der Waals surface area (Å²) in [4.78, 5) is 16.2. The van der Waals surface area contributed by atoms with Crippen LogP contribution in [0.25, 0.3) is 6.08 Å². The fraction of sp³-hybridized carbons (Fsp3) is 0.0526. The van der Waals surface area contributed by atoms with Crippen LogP contribution in [0.15, 0.2) is 68.7 Å². The molecule has 0 fully saturated rings. The number of amidine groups is 2. The van der Waals surface area contributed by atoms with E-state index < -0.39 is 5.91 Å². The third kappa shape index (κ3) is 3.72. The Bertz CT molecular complexity index is 1020. The molecule has 2 aromatic carbocycles. The number of ether oxygens (including phenoxy) is 1. The molecule has 0 radical (unpaired) electrons. The maximum absolute atomic E-state index is 12.2. The topological polar surface area (TPSA) is 78.1 Å². The number of aliphatic imine (C=N–C) groups is 1. The van der Waals surface area contributed by atoms with Gasteiger partial charge in [0.1, 0.15) is 12.4 Å². The van der Waals surface area contributed by atoms with Crippen LogP contribution in [0.3, 0.4) is 0 Å². The highest BCUT2D eigenvalue weighted by molar-refractivity contribution is 9.10. The maximum atomic E-state index is 12.2. The molecule has 0 unspecified atom stereocenters. The second-order valence-electron chi connectivity index (χ2n) is 5.72. The molecule has 1 N–H and O–H groups in total. The van der Waals surface area contributed by atoms with E-state index in [1.165, 1.54) is 16.8 Å². The number of fused-ring (bicyclic) bond motifs is 1. The molecular weight excluding hydrogens is 428 g/mol. The molecule has 27 heavy (non-hydrogen) atoms. The smallest absolute Gasteiger partial charge is 0.283 e. The van der Waals surface area contributed by atoms with E-state index in [1.807, 2.05) is 48.5 Å². The Labute approximate surface area is 168 Å². The molecular formula is C19H13BrN4O2S. The van der Waals surface area contributed by atoms with Crippen molar-refractivity contribution < 1.29 is 9.53 Å². The average Bonchev–Trinajstić information content (AvgIpc) is 3.14. The molecule has 134 valence electrons. The fourth-order valence-electron chi connectivity index (χ4n) is 2.56. The van der Waals surface area contributed by atoms with Gasteiger partial charge in [-0.05, 0) is 57.0 Å². The van der Waals surface area contributed by atoms with Crippen molar-refractivity contribution in [2.45, 2.75) is 6.61 Å². The first-order valence-electron chi connectivity index (χ1n) is 8.01. The zero-order valence-corrected chi connectivity index (χ0v) is 16.3. The zero-order valence-electron chi connectivity index (χ0n) is 13.9. The number of benzene rings is 2. The summed E-state index contributed by atoms with van der Waals surface area (Å²) < 4.78 is 6.60. The highest BCUT2D eigenvalue weighted by Crippen LogP contribution is 2.29. The van der Waals surface area contributed by atoms with Crippen LogP contribution in [-0.4, -0.2) is 27.5 Å². The highest BCUT2D eigenvalue weighted by Gasteiger charge is 2.32. The third-order valence-electron chi connectivity index (χ3n) is 3.90. The van der Waals surface area contributed by atoms with Gasteiger partial charge in [-0.15, -0.1) is 0 Å². The van der Waals surface area contributed by atoms with Crippen molar-refractivity contribution in [2.24, 2.45) is 10.1 Å². The molecule has 0 saturated carbocycles. The lowest BCUT2D eigenvalue weighted by molar-refractivity contribution is -0.114. The Balaban J connectivity index is 1.54. The van der Waals surface area contributed by atoms with E-state index in [0.717, 1.165) is 15.6 Å². The number of hydrazone groups is 1. The third-order valence-corrected chi connectivity index (χ3v) is 5.19. The van der Waals surface area contributed by atoms with E-state index in [2.05, 4.69) is 26.0 Å². The van der Waals surface area contributed by atoms with Crippen molar-refractivity contribution in [1.82, 2.24) is 5.01 Å². The highest BCUT2D eigenvalue weighted by atomic mass is 79.9. The number of carbonyl (C=O) groups is 1. The lowest BCUT2D eigenvalue weighted by Gasteiger charge is -2.20. The van der Waals surface area contributed by atoms with Gasteiger partial charge in [0.05, 0.1) is 15.6 Å². The minimum atomic E-state index is -0.440. The van der Waals surface area contributed by atoms with Crippen LogP contribution in [0.1, 0.15) is 11.1 Å². The summed E-state index contributed by atoms with van der Waals surface area (Å²) in [7, 11) is 0. The van der Waals surface area contributed by atoms with Crippen LogP contribution in [0.5, 0.6) is 5.75 Å². The first-order chi connectivity index (χ1) is 13.1. The largest absolute Gasteiger partial charge is 0.488 e. The van der Waals surface area contributed by atoms with Gasteiger partial charge in [0.2, 0.25) is 0 Å². The van der Waals surface area contributed by atoms with Crippen molar-refractivity contribution in [1.29, 1.82) is 5.41 Å². The number of hydrogen-bond acceptors (Lipinski definition) is 5. The van der Waals surface area contributed by atoms with Gasteiger partial charge in [-0.3, -0.25) is 10.2 Å². The van der Waals surface area contributed by atoms with E-state index in [4.69, 9.17) is 10.1 Å². The number of nitrogens with zero attached hydrogens (tertiary/aromatic N) is 3. The van der Waals surface area contributed by atoms with E-state index in [-0.39, 0.29) is 11.4 Å². The van der Waals surface area contributed by atoms with Gasteiger partial charge >= 0.3 is 0 Å². The number of thioether (sulfide) groups is 1. The Morgan fingerprint density at radius 1 is 1.22 bits per heavy atom. The van der Waals surface area contributed by atoms with Crippen LogP contribution >= 0.6 is 27.7 Å². The van der Waals surface area contributed by atoms with Crippen molar-refractivity contribution in [3.05, 3.63) is 69.7 Å².